The van der Waals surface area contributed by atoms with Crippen LogP contribution in [0, 0.1) is 5.92 Å². The summed E-state index contributed by atoms with van der Waals surface area (Å²) in [5, 5.41) is 15.2. The number of ether oxygens (including phenoxy) is 1. The number of rotatable bonds is 16. The van der Waals surface area contributed by atoms with Crippen LogP contribution in [0.2, 0.25) is 0 Å². The number of benzene rings is 1. The van der Waals surface area contributed by atoms with Gasteiger partial charge in [-0.05, 0) is 87.5 Å². The molecule has 0 saturated heterocycles. The summed E-state index contributed by atoms with van der Waals surface area (Å²) in [6.07, 6.45) is 8.65. The number of hydrogen-bond donors (Lipinski definition) is 2. The number of nitrogens with one attached hydrogen (secondary N) is 1. The Morgan fingerprint density at radius 3 is 2.80 bits per heavy atom. The molecule has 9 nitrogen and oxygen atoms in total. The van der Waals surface area contributed by atoms with Gasteiger partial charge >= 0.3 is 5.97 Å². The van der Waals surface area contributed by atoms with E-state index in [0.717, 1.165) is 60.9 Å². The zero-order valence-corrected chi connectivity index (χ0v) is 25.4. The number of carbonyl (C=O) groups is 2. The first-order chi connectivity index (χ1) is 21.4. The summed E-state index contributed by atoms with van der Waals surface area (Å²) in [6.45, 7) is 1.76. The van der Waals surface area contributed by atoms with Crippen molar-refractivity contribution in [3.05, 3.63) is 65.6 Å². The number of halogens is 1. The van der Waals surface area contributed by atoms with Crippen LogP contribution in [0.3, 0.4) is 0 Å². The summed E-state index contributed by atoms with van der Waals surface area (Å²) in [5.74, 6) is -1.36. The quantitative estimate of drug-likeness (QED) is 0.173. The third-order valence-electron chi connectivity index (χ3n) is 8.81. The Morgan fingerprint density at radius 2 is 2.02 bits per heavy atom. The molecule has 1 fully saturated rings. The van der Waals surface area contributed by atoms with Gasteiger partial charge in [0.25, 0.3) is 5.91 Å². The largest absolute Gasteiger partial charge is 0.481 e. The predicted octanol–water partition coefficient (Wildman–Crippen LogP) is 5.02. The van der Waals surface area contributed by atoms with Gasteiger partial charge in [0.1, 0.15) is 12.5 Å². The van der Waals surface area contributed by atoms with Crippen LogP contribution in [0.4, 0.5) is 10.2 Å². The van der Waals surface area contributed by atoms with Crippen molar-refractivity contribution in [3.8, 4) is 0 Å². The van der Waals surface area contributed by atoms with Crippen molar-refractivity contribution in [3.63, 3.8) is 0 Å². The van der Waals surface area contributed by atoms with Gasteiger partial charge in [0.2, 0.25) is 0 Å². The van der Waals surface area contributed by atoms with Gasteiger partial charge in [0, 0.05) is 43.7 Å². The monoisotopic (exact) mass is 603 g/mol. The summed E-state index contributed by atoms with van der Waals surface area (Å²) in [7, 11) is 1.48. The molecule has 3 heterocycles. The van der Waals surface area contributed by atoms with Crippen LogP contribution in [0.25, 0.3) is 10.8 Å². The number of aliphatic imine (C=N–C) groups is 1. The smallest absolute Gasteiger partial charge is 0.311 e. The van der Waals surface area contributed by atoms with Gasteiger partial charge in [-0.25, -0.2) is 14.4 Å². The van der Waals surface area contributed by atoms with Crippen LogP contribution in [-0.2, 0) is 32.6 Å². The maximum atomic E-state index is 13.5. The van der Waals surface area contributed by atoms with Gasteiger partial charge in [-0.15, -0.1) is 0 Å². The van der Waals surface area contributed by atoms with E-state index in [1.54, 1.807) is 6.20 Å². The summed E-state index contributed by atoms with van der Waals surface area (Å²) in [6, 6.07) is 14.0. The average molecular weight is 604 g/mol. The van der Waals surface area contributed by atoms with Crippen LogP contribution >= 0.6 is 0 Å². The van der Waals surface area contributed by atoms with E-state index in [9.17, 15) is 19.1 Å². The number of anilines is 1. The second-order valence-electron chi connectivity index (χ2n) is 11.9. The number of aromatic nitrogens is 2. The Kier molecular flexibility index (Phi) is 10.7. The Morgan fingerprint density at radius 1 is 1.18 bits per heavy atom. The van der Waals surface area contributed by atoms with Crippen molar-refractivity contribution in [1.82, 2.24) is 14.9 Å². The number of nitrogens with zero attached hydrogens (tertiary/aromatic N) is 4. The fraction of sp³-hybridized carbons (Fsp3) is 0.500. The van der Waals surface area contributed by atoms with Crippen LogP contribution in [0.15, 0.2) is 53.7 Å². The number of alkyl halides is 1. The number of pyridine rings is 2. The molecule has 0 bridgehead atoms. The highest BCUT2D eigenvalue weighted by atomic mass is 19.1. The normalized spacial score (nSPS) is 16.9. The van der Waals surface area contributed by atoms with E-state index in [2.05, 4.69) is 27.4 Å². The van der Waals surface area contributed by atoms with Gasteiger partial charge < -0.3 is 20.1 Å². The first-order valence-corrected chi connectivity index (χ1v) is 15.6. The van der Waals surface area contributed by atoms with E-state index in [-0.39, 0.29) is 12.3 Å². The highest BCUT2D eigenvalue weighted by Crippen LogP contribution is 2.50. The number of hydrogen-bond acceptors (Lipinski definition) is 7. The molecule has 2 N–H and O–H groups in total. The molecule has 5 rings (SSSR count). The minimum atomic E-state index is -1.05. The zero-order chi connectivity index (χ0) is 30.9. The fourth-order valence-corrected chi connectivity index (χ4v) is 5.96. The van der Waals surface area contributed by atoms with E-state index >= 15 is 0 Å². The fourth-order valence-electron chi connectivity index (χ4n) is 5.96. The number of aliphatic carboxylic acids is 1. The first kappa shape index (κ1) is 31.7. The summed E-state index contributed by atoms with van der Waals surface area (Å²) in [4.78, 5) is 41.0. The second kappa shape index (κ2) is 14.8. The van der Waals surface area contributed by atoms with E-state index in [0.29, 0.717) is 38.2 Å². The van der Waals surface area contributed by atoms with Crippen molar-refractivity contribution in [2.45, 2.75) is 62.9 Å². The molecular weight excluding hydrogens is 561 g/mol. The number of carbonyl (C=O) groups excluding carboxylic acids is 1. The molecular formula is C34H42FN5O4. The van der Waals surface area contributed by atoms with Crippen molar-refractivity contribution in [2.24, 2.45) is 10.9 Å². The second-order valence-corrected chi connectivity index (χ2v) is 11.9. The molecule has 2 unspecified atom stereocenters. The van der Waals surface area contributed by atoms with E-state index in [4.69, 9.17) is 9.72 Å². The maximum Gasteiger partial charge on any atom is 0.311 e. The van der Waals surface area contributed by atoms with Gasteiger partial charge in [-0.3, -0.25) is 14.6 Å². The molecule has 2 aromatic heterocycles. The van der Waals surface area contributed by atoms with Gasteiger partial charge in [-0.2, -0.15) is 0 Å². The van der Waals surface area contributed by atoms with E-state index in [1.807, 2.05) is 35.2 Å². The topological polar surface area (TPSA) is 117 Å². The van der Waals surface area contributed by atoms with Gasteiger partial charge in [0.15, 0.2) is 0 Å². The van der Waals surface area contributed by atoms with E-state index in [1.165, 1.54) is 18.9 Å². The zero-order valence-electron chi connectivity index (χ0n) is 25.4. The lowest BCUT2D eigenvalue weighted by molar-refractivity contribution is -0.139. The lowest BCUT2D eigenvalue weighted by Crippen LogP contribution is -2.37. The Labute approximate surface area is 257 Å². The molecule has 1 saturated carbocycles. The number of carboxylic acids is 1. The molecule has 2 atom stereocenters. The summed E-state index contributed by atoms with van der Waals surface area (Å²) >= 11 is 0. The van der Waals surface area contributed by atoms with Crippen LogP contribution < -0.4 is 5.32 Å². The van der Waals surface area contributed by atoms with E-state index < -0.39 is 30.1 Å². The van der Waals surface area contributed by atoms with Crippen LogP contribution in [-0.4, -0.2) is 84.1 Å². The van der Waals surface area contributed by atoms with Crippen LogP contribution in [0.5, 0.6) is 0 Å². The molecule has 2 aliphatic rings. The SMILES string of the molecule is COC(CF)CN(CCCCc1ccc2c(n1)NCCC2)CCC(C=NC(=O)C1(c2nccc3ccccc23)CC1)C(=O)O. The maximum absolute atomic E-state index is 13.5. The number of fused-ring (bicyclic) bond motifs is 2. The Bertz CT molecular complexity index is 1470. The van der Waals surface area contributed by atoms with Crippen molar-refractivity contribution >= 4 is 34.7 Å². The van der Waals surface area contributed by atoms with Gasteiger partial charge in [-0.1, -0.05) is 30.3 Å². The first-order valence-electron chi connectivity index (χ1n) is 15.6. The molecule has 0 spiro atoms. The standard InChI is InChI=1S/C34H42FN5O4/c1-44-28(21-35)23-40(19-5-4-9-27-12-11-25-8-6-17-37-31(25)39-27)20-14-26(32(41)42)22-38-33(43)34(15-16-34)30-29-10-3-2-7-24(29)13-18-36-30/h2-3,7,10-13,18,22,26,28H,4-6,8-9,14-17,19-21,23H2,1H3,(H,37,39)(H,41,42). The third kappa shape index (κ3) is 7.65. The molecule has 44 heavy (non-hydrogen) atoms. The Hall–Kier alpha value is -3.76. The molecule has 10 heteroatoms. The van der Waals surface area contributed by atoms with Gasteiger partial charge in [0.05, 0.1) is 23.1 Å². The highest BCUT2D eigenvalue weighted by Gasteiger charge is 2.53. The predicted molar refractivity (Wildman–Crippen MR) is 169 cm³/mol. The number of unbranched alkanes of at least 4 members (excludes halogenated alkanes) is 1. The lowest BCUT2D eigenvalue weighted by Gasteiger charge is -2.26. The molecule has 234 valence electrons. The number of aryl methyl sites for hydroxylation is 2. The minimum absolute atomic E-state index is 0.242. The van der Waals surface area contributed by atoms with Crippen molar-refractivity contribution < 1.29 is 23.8 Å². The highest BCUT2D eigenvalue weighted by molar-refractivity contribution is 6.02. The number of methoxy groups -OCH3 is 1. The van der Waals surface area contributed by atoms with Crippen LogP contribution in [0.1, 0.15) is 55.5 Å². The molecule has 1 aliphatic heterocycles. The molecule has 1 amide bonds. The van der Waals surface area contributed by atoms with Crippen molar-refractivity contribution in [1.29, 1.82) is 0 Å². The summed E-state index contributed by atoms with van der Waals surface area (Å²) < 4.78 is 18.8. The minimum Gasteiger partial charge on any atom is -0.481 e. The average Bonchev–Trinajstić information content (AvgIpc) is 3.86. The van der Waals surface area contributed by atoms with Crippen molar-refractivity contribution in [2.75, 3.05) is 45.3 Å². The third-order valence-corrected chi connectivity index (χ3v) is 8.81. The summed E-state index contributed by atoms with van der Waals surface area (Å²) in [5.41, 5.74) is 2.21. The molecule has 3 aromatic rings. The molecule has 0 radical (unpaired) electrons. The molecule has 1 aromatic carbocycles. The number of carboxylic acid groups (broad SMARTS) is 1. The molecule has 1 aliphatic carbocycles. The lowest BCUT2D eigenvalue weighted by atomic mass is 9.95. The Balaban J connectivity index is 1.18. The number of amides is 1.